The number of aliphatic hydroxyl groups is 2. The third-order valence-corrected chi connectivity index (χ3v) is 8.89. The number of aliphatic hydroxyl groups excluding tert-OH is 2. The number of hydrogen-bond acceptors (Lipinski definition) is 5. The van der Waals surface area contributed by atoms with Crippen LogP contribution in [-0.4, -0.2) is 33.5 Å². The smallest absolute Gasteiger partial charge is 0.345 e. The predicted octanol–water partition coefficient (Wildman–Crippen LogP) is 5.18. The molecule has 2 aliphatic carbocycles. The van der Waals surface area contributed by atoms with Gasteiger partial charge in [-0.2, -0.15) is 5.26 Å². The zero-order chi connectivity index (χ0) is 22.4. The van der Waals surface area contributed by atoms with Crippen molar-refractivity contribution in [2.45, 2.75) is 83.3 Å². The van der Waals surface area contributed by atoms with Crippen LogP contribution in [0.3, 0.4) is 0 Å². The van der Waals surface area contributed by atoms with Crippen molar-refractivity contribution in [1.29, 1.82) is 5.26 Å². The van der Waals surface area contributed by atoms with E-state index in [-0.39, 0.29) is 29.3 Å². The molecule has 0 bridgehead atoms. The third kappa shape index (κ3) is 5.58. The summed E-state index contributed by atoms with van der Waals surface area (Å²) in [5.74, 6) is -0.442. The Balaban J connectivity index is 1.58. The van der Waals surface area contributed by atoms with Crippen molar-refractivity contribution >= 4 is 17.3 Å². The molecular formula is C25H35NO4S. The Morgan fingerprint density at radius 3 is 2.77 bits per heavy atom. The number of rotatable bonds is 11. The summed E-state index contributed by atoms with van der Waals surface area (Å²) in [7, 11) is 0. The average molecular weight is 446 g/mol. The van der Waals surface area contributed by atoms with Gasteiger partial charge in [0.2, 0.25) is 0 Å². The molecule has 170 valence electrons. The Bertz CT molecular complexity index is 801. The fourth-order valence-corrected chi connectivity index (χ4v) is 6.49. The van der Waals surface area contributed by atoms with Gasteiger partial charge < -0.3 is 15.3 Å². The van der Waals surface area contributed by atoms with Gasteiger partial charge in [-0.25, -0.2) is 4.79 Å². The maximum absolute atomic E-state index is 11.1. The summed E-state index contributed by atoms with van der Waals surface area (Å²) >= 11 is 1.32. The molecule has 6 heteroatoms. The van der Waals surface area contributed by atoms with E-state index in [4.69, 9.17) is 5.11 Å². The van der Waals surface area contributed by atoms with Crippen molar-refractivity contribution in [3.05, 3.63) is 34.0 Å². The molecule has 2 saturated carbocycles. The van der Waals surface area contributed by atoms with E-state index >= 15 is 0 Å². The van der Waals surface area contributed by atoms with Crippen LogP contribution in [0.15, 0.2) is 24.3 Å². The Morgan fingerprint density at radius 2 is 2.19 bits per heavy atom. The SMILES string of the molecule is CCC1(C(O)C/C=C/C2C(CCCc3ccc(C(=O)O)s3)C(CC#N)C[C@H]2O)CCC1. The molecule has 2 aliphatic rings. The van der Waals surface area contributed by atoms with Crippen molar-refractivity contribution in [2.75, 3.05) is 0 Å². The van der Waals surface area contributed by atoms with Crippen LogP contribution < -0.4 is 0 Å². The number of nitrogens with zero attached hydrogens (tertiary/aromatic N) is 1. The Hall–Kier alpha value is -1.68. The van der Waals surface area contributed by atoms with E-state index in [1.165, 1.54) is 17.8 Å². The average Bonchev–Trinajstić information content (AvgIpc) is 3.28. The molecule has 5 atom stereocenters. The van der Waals surface area contributed by atoms with Crippen LogP contribution in [0.1, 0.15) is 79.3 Å². The van der Waals surface area contributed by atoms with E-state index in [0.717, 1.165) is 43.4 Å². The van der Waals surface area contributed by atoms with Crippen LogP contribution in [0, 0.1) is 34.5 Å². The number of thiophene rings is 1. The van der Waals surface area contributed by atoms with Gasteiger partial charge in [0, 0.05) is 17.2 Å². The van der Waals surface area contributed by atoms with Gasteiger partial charge in [0.05, 0.1) is 18.3 Å². The van der Waals surface area contributed by atoms with E-state index < -0.39 is 12.1 Å². The van der Waals surface area contributed by atoms with Crippen molar-refractivity contribution in [3.8, 4) is 6.07 Å². The summed E-state index contributed by atoms with van der Waals surface area (Å²) in [4.78, 5) is 12.5. The number of carbonyl (C=O) groups is 1. The Kier molecular flexibility index (Phi) is 8.32. The highest BCUT2D eigenvalue weighted by Gasteiger charge is 2.42. The van der Waals surface area contributed by atoms with E-state index in [9.17, 15) is 20.3 Å². The van der Waals surface area contributed by atoms with Crippen LogP contribution in [0.25, 0.3) is 0 Å². The Morgan fingerprint density at radius 1 is 1.42 bits per heavy atom. The third-order valence-electron chi connectivity index (χ3n) is 7.75. The molecule has 2 fully saturated rings. The summed E-state index contributed by atoms with van der Waals surface area (Å²) in [6.07, 6.45) is 12.1. The molecule has 1 heterocycles. The molecule has 0 saturated heterocycles. The fraction of sp³-hybridized carbons (Fsp3) is 0.680. The van der Waals surface area contributed by atoms with Crippen LogP contribution >= 0.6 is 11.3 Å². The summed E-state index contributed by atoms with van der Waals surface area (Å²) < 4.78 is 0. The van der Waals surface area contributed by atoms with Gasteiger partial charge in [-0.05, 0) is 80.8 Å². The molecule has 1 aromatic rings. The van der Waals surface area contributed by atoms with Crippen LogP contribution in [0.5, 0.6) is 0 Å². The molecule has 31 heavy (non-hydrogen) atoms. The minimum Gasteiger partial charge on any atom is -0.477 e. The molecule has 3 rings (SSSR count). The lowest BCUT2D eigenvalue weighted by Gasteiger charge is -2.45. The molecule has 0 aromatic carbocycles. The molecule has 3 N–H and O–H groups in total. The highest BCUT2D eigenvalue weighted by Crippen LogP contribution is 2.48. The van der Waals surface area contributed by atoms with Gasteiger partial charge in [0.15, 0.2) is 0 Å². The number of carboxylic acids is 1. The molecule has 0 amide bonds. The van der Waals surface area contributed by atoms with E-state index in [2.05, 4.69) is 25.1 Å². The van der Waals surface area contributed by atoms with Gasteiger partial charge in [-0.3, -0.25) is 0 Å². The summed E-state index contributed by atoms with van der Waals surface area (Å²) in [6, 6.07) is 5.82. The Labute approximate surface area is 189 Å². The minimum absolute atomic E-state index is 0.0161. The first-order valence-corrected chi connectivity index (χ1v) is 12.4. The van der Waals surface area contributed by atoms with Crippen molar-refractivity contribution in [3.63, 3.8) is 0 Å². The van der Waals surface area contributed by atoms with E-state index in [0.29, 0.717) is 24.1 Å². The minimum atomic E-state index is -0.886. The quantitative estimate of drug-likeness (QED) is 0.407. The second-order valence-corrected chi connectivity index (χ2v) is 10.5. The predicted molar refractivity (Wildman–Crippen MR) is 122 cm³/mol. The first-order valence-electron chi connectivity index (χ1n) is 11.6. The number of carboxylic acid groups (broad SMARTS) is 1. The zero-order valence-corrected chi connectivity index (χ0v) is 19.2. The first kappa shape index (κ1) is 24.0. The molecule has 0 spiro atoms. The fourth-order valence-electron chi connectivity index (χ4n) is 5.60. The molecule has 0 aliphatic heterocycles. The van der Waals surface area contributed by atoms with Crippen LogP contribution in [0.4, 0.5) is 0 Å². The first-order chi connectivity index (χ1) is 14.9. The molecule has 5 nitrogen and oxygen atoms in total. The van der Waals surface area contributed by atoms with Gasteiger partial charge >= 0.3 is 5.97 Å². The van der Waals surface area contributed by atoms with Gasteiger partial charge in [0.25, 0.3) is 0 Å². The largest absolute Gasteiger partial charge is 0.477 e. The maximum Gasteiger partial charge on any atom is 0.345 e. The molecule has 1 aromatic heterocycles. The summed E-state index contributed by atoms with van der Waals surface area (Å²) in [5.41, 5.74) is 0.0802. The highest BCUT2D eigenvalue weighted by molar-refractivity contribution is 7.13. The normalized spacial score (nSPS) is 28.3. The van der Waals surface area contributed by atoms with Crippen LogP contribution in [-0.2, 0) is 6.42 Å². The molecule has 0 radical (unpaired) electrons. The summed E-state index contributed by atoms with van der Waals surface area (Å²) in [5, 5.41) is 39.7. The lowest BCUT2D eigenvalue weighted by Crippen LogP contribution is -2.40. The lowest BCUT2D eigenvalue weighted by atomic mass is 9.63. The van der Waals surface area contributed by atoms with E-state index in [1.807, 2.05) is 6.07 Å². The standard InChI is InChI=1S/C25H35NO4S/c1-2-25(13-5-14-25)23(28)9-4-8-20-19(17(12-15-26)16-21(20)27)7-3-6-18-10-11-22(31-18)24(29)30/h4,8,10-11,17,19-21,23,27-28H,2-3,5-7,9,12-14,16H2,1H3,(H,29,30)/b8-4+/t17?,19?,20?,21-,23?/m1/s1. The zero-order valence-electron chi connectivity index (χ0n) is 18.4. The second-order valence-electron chi connectivity index (χ2n) is 9.38. The number of nitriles is 1. The number of aromatic carboxylic acids is 1. The maximum atomic E-state index is 11.1. The van der Waals surface area contributed by atoms with Crippen molar-refractivity contribution < 1.29 is 20.1 Å². The number of aryl methyl sites for hydroxylation is 1. The monoisotopic (exact) mass is 445 g/mol. The van der Waals surface area contributed by atoms with Crippen molar-refractivity contribution in [1.82, 2.24) is 0 Å². The molecule has 4 unspecified atom stereocenters. The van der Waals surface area contributed by atoms with Gasteiger partial charge in [-0.1, -0.05) is 25.5 Å². The number of hydrogen-bond donors (Lipinski definition) is 3. The van der Waals surface area contributed by atoms with Crippen molar-refractivity contribution in [2.24, 2.45) is 23.2 Å². The topological polar surface area (TPSA) is 102 Å². The van der Waals surface area contributed by atoms with E-state index in [1.54, 1.807) is 6.07 Å². The second kappa shape index (κ2) is 10.8. The lowest BCUT2D eigenvalue weighted by molar-refractivity contribution is -0.0355. The van der Waals surface area contributed by atoms with Gasteiger partial charge in [-0.15, -0.1) is 11.3 Å². The van der Waals surface area contributed by atoms with Crippen LogP contribution in [0.2, 0.25) is 0 Å². The molecular weight excluding hydrogens is 410 g/mol. The highest BCUT2D eigenvalue weighted by atomic mass is 32.1. The van der Waals surface area contributed by atoms with Gasteiger partial charge in [0.1, 0.15) is 4.88 Å². The summed E-state index contributed by atoms with van der Waals surface area (Å²) in [6.45, 7) is 2.16.